The van der Waals surface area contributed by atoms with Crippen LogP contribution in [0.2, 0.25) is 10.0 Å². The number of pyridine rings is 1. The van der Waals surface area contributed by atoms with E-state index in [9.17, 15) is 4.79 Å². The highest BCUT2D eigenvalue weighted by Gasteiger charge is 2.43. The molecule has 3 aromatic rings. The number of anilines is 1. The zero-order valence-corrected chi connectivity index (χ0v) is 19.7. The molecule has 2 aromatic heterocycles. The molecule has 0 amide bonds. The number of imidazole rings is 1. The molecule has 0 spiro atoms. The van der Waals surface area contributed by atoms with Gasteiger partial charge in [0.25, 0.3) is 0 Å². The van der Waals surface area contributed by atoms with Crippen LogP contribution < -0.4 is 4.90 Å². The van der Waals surface area contributed by atoms with Gasteiger partial charge in [-0.1, -0.05) is 36.0 Å². The summed E-state index contributed by atoms with van der Waals surface area (Å²) in [4.78, 5) is 22.5. The van der Waals surface area contributed by atoms with Crippen molar-refractivity contribution in [3.63, 3.8) is 0 Å². The number of hydrogen-bond donors (Lipinski definition) is 1. The summed E-state index contributed by atoms with van der Waals surface area (Å²) in [5.41, 5.74) is 1.60. The number of aliphatic carboxylic acids is 1. The Labute approximate surface area is 202 Å². The molecule has 0 radical (unpaired) electrons. The second-order valence-corrected chi connectivity index (χ2v) is 9.64. The fourth-order valence-corrected chi connectivity index (χ4v) is 5.76. The van der Waals surface area contributed by atoms with Gasteiger partial charge in [0.1, 0.15) is 5.82 Å². The van der Waals surface area contributed by atoms with E-state index >= 15 is 0 Å². The first-order valence-corrected chi connectivity index (χ1v) is 12.1. The molecule has 5 rings (SSSR count). The van der Waals surface area contributed by atoms with Gasteiger partial charge in [0.15, 0.2) is 0 Å². The lowest BCUT2D eigenvalue weighted by molar-refractivity contribution is -0.138. The minimum Gasteiger partial charge on any atom is -0.481 e. The molecule has 2 aliphatic rings. The number of aromatic nitrogens is 3. The number of ether oxygens (including phenoxy) is 1. The lowest BCUT2D eigenvalue weighted by Crippen LogP contribution is -2.41. The van der Waals surface area contributed by atoms with Gasteiger partial charge < -0.3 is 19.3 Å². The standard InChI is InChI=1S/C24H26Cl2N4O3/c25-18-6-5-17-20(29-9-8-27-14-29)12-21(28-24(17)23(18)26)30-16(13-33-10-7-22(31)32)11-15-3-1-2-4-19(15)30/h5-6,8-9,12,14-16,19H,1-4,7,10-11,13H2,(H,31,32)/t15?,16-,19-/m0/s1. The zero-order valence-electron chi connectivity index (χ0n) is 18.2. The van der Waals surface area contributed by atoms with Crippen molar-refractivity contribution in [2.75, 3.05) is 18.1 Å². The maximum Gasteiger partial charge on any atom is 0.305 e. The van der Waals surface area contributed by atoms with E-state index in [1.54, 1.807) is 18.6 Å². The zero-order chi connectivity index (χ0) is 22.9. The normalized spacial score (nSPS) is 22.6. The Kier molecular flexibility index (Phi) is 6.45. The molecule has 174 valence electrons. The van der Waals surface area contributed by atoms with E-state index in [2.05, 4.69) is 16.0 Å². The molecule has 1 aliphatic heterocycles. The van der Waals surface area contributed by atoms with Gasteiger partial charge in [-0.05, 0) is 37.3 Å². The van der Waals surface area contributed by atoms with Gasteiger partial charge in [0.2, 0.25) is 0 Å². The highest BCUT2D eigenvalue weighted by atomic mass is 35.5. The van der Waals surface area contributed by atoms with E-state index in [1.165, 1.54) is 19.3 Å². The second-order valence-electron chi connectivity index (χ2n) is 8.85. The van der Waals surface area contributed by atoms with Crippen LogP contribution in [0.15, 0.2) is 36.9 Å². The summed E-state index contributed by atoms with van der Waals surface area (Å²) in [6.07, 6.45) is 11.2. The molecule has 9 heteroatoms. The molecule has 1 saturated heterocycles. The SMILES string of the molecule is O=C(O)CCOC[C@@H]1CC2CCCC[C@@H]2N1c1cc(-n2ccnc2)c2ccc(Cl)c(Cl)c2n1. The van der Waals surface area contributed by atoms with E-state index in [1.807, 2.05) is 16.8 Å². The lowest BCUT2D eigenvalue weighted by atomic mass is 9.85. The third-order valence-electron chi connectivity index (χ3n) is 6.85. The molecule has 1 unspecified atom stereocenters. The number of nitrogens with zero attached hydrogens (tertiary/aromatic N) is 4. The van der Waals surface area contributed by atoms with Crippen LogP contribution in [0.1, 0.15) is 38.5 Å². The molecule has 1 aromatic carbocycles. The van der Waals surface area contributed by atoms with Crippen molar-refractivity contribution in [2.45, 2.75) is 50.6 Å². The van der Waals surface area contributed by atoms with Gasteiger partial charge in [-0.15, -0.1) is 0 Å². The van der Waals surface area contributed by atoms with E-state index in [-0.39, 0.29) is 19.1 Å². The van der Waals surface area contributed by atoms with Crippen LogP contribution in [-0.4, -0.2) is 50.9 Å². The Morgan fingerprint density at radius 2 is 2.09 bits per heavy atom. The Balaban J connectivity index is 1.57. The lowest BCUT2D eigenvalue weighted by Gasteiger charge is -2.35. The molecule has 2 fully saturated rings. The van der Waals surface area contributed by atoms with Crippen molar-refractivity contribution >= 4 is 45.9 Å². The first-order valence-electron chi connectivity index (χ1n) is 11.4. The molecule has 1 aliphatic carbocycles. The van der Waals surface area contributed by atoms with Crippen molar-refractivity contribution in [3.05, 3.63) is 47.0 Å². The predicted molar refractivity (Wildman–Crippen MR) is 129 cm³/mol. The quantitative estimate of drug-likeness (QED) is 0.451. The van der Waals surface area contributed by atoms with Crippen molar-refractivity contribution in [3.8, 4) is 5.69 Å². The maximum atomic E-state index is 10.9. The van der Waals surface area contributed by atoms with Gasteiger partial charge in [0.05, 0.1) is 53.3 Å². The average Bonchev–Trinajstić information content (AvgIpc) is 3.46. The van der Waals surface area contributed by atoms with E-state index in [0.29, 0.717) is 34.1 Å². The van der Waals surface area contributed by atoms with Gasteiger partial charge in [0, 0.05) is 29.9 Å². The van der Waals surface area contributed by atoms with Crippen molar-refractivity contribution in [1.29, 1.82) is 0 Å². The summed E-state index contributed by atoms with van der Waals surface area (Å²) >= 11 is 13.0. The summed E-state index contributed by atoms with van der Waals surface area (Å²) in [6.45, 7) is 0.686. The van der Waals surface area contributed by atoms with E-state index in [4.69, 9.17) is 38.0 Å². The van der Waals surface area contributed by atoms with Crippen LogP contribution in [-0.2, 0) is 9.53 Å². The third-order valence-corrected chi connectivity index (χ3v) is 7.64. The highest BCUT2D eigenvalue weighted by Crippen LogP contribution is 2.43. The van der Waals surface area contributed by atoms with Crippen LogP contribution in [0, 0.1) is 5.92 Å². The number of halogens is 2. The van der Waals surface area contributed by atoms with Crippen LogP contribution in [0.25, 0.3) is 16.6 Å². The van der Waals surface area contributed by atoms with Gasteiger partial charge >= 0.3 is 5.97 Å². The van der Waals surface area contributed by atoms with Crippen LogP contribution in [0.3, 0.4) is 0 Å². The van der Waals surface area contributed by atoms with Crippen LogP contribution >= 0.6 is 23.2 Å². The molecule has 7 nitrogen and oxygen atoms in total. The largest absolute Gasteiger partial charge is 0.481 e. The summed E-state index contributed by atoms with van der Waals surface area (Å²) in [6, 6.07) is 6.33. The predicted octanol–water partition coefficient (Wildman–Crippen LogP) is 5.36. The number of carboxylic acids is 1. The number of benzene rings is 1. The van der Waals surface area contributed by atoms with Gasteiger partial charge in [-0.3, -0.25) is 4.79 Å². The minimum atomic E-state index is -0.848. The molecule has 3 heterocycles. The summed E-state index contributed by atoms with van der Waals surface area (Å²) < 4.78 is 7.77. The van der Waals surface area contributed by atoms with Gasteiger partial charge in [-0.25, -0.2) is 9.97 Å². The minimum absolute atomic E-state index is 0.00663. The molecule has 1 N–H and O–H groups in total. The van der Waals surface area contributed by atoms with Crippen molar-refractivity contribution in [2.24, 2.45) is 5.92 Å². The smallest absolute Gasteiger partial charge is 0.305 e. The monoisotopic (exact) mass is 488 g/mol. The molecule has 1 saturated carbocycles. The van der Waals surface area contributed by atoms with E-state index < -0.39 is 5.97 Å². The Hall–Kier alpha value is -2.35. The first kappa shape index (κ1) is 22.4. The summed E-state index contributed by atoms with van der Waals surface area (Å²) in [5, 5.41) is 10.7. The molecular formula is C24H26Cl2N4O3. The fraction of sp³-hybridized carbons (Fsp3) is 0.458. The summed E-state index contributed by atoms with van der Waals surface area (Å²) in [5.74, 6) is 0.576. The van der Waals surface area contributed by atoms with E-state index in [0.717, 1.165) is 29.7 Å². The highest BCUT2D eigenvalue weighted by molar-refractivity contribution is 6.45. The average molecular weight is 489 g/mol. The number of fused-ring (bicyclic) bond motifs is 2. The topological polar surface area (TPSA) is 80.5 Å². The summed E-state index contributed by atoms with van der Waals surface area (Å²) in [7, 11) is 0. The Morgan fingerprint density at radius 3 is 2.88 bits per heavy atom. The van der Waals surface area contributed by atoms with Gasteiger partial charge in [-0.2, -0.15) is 0 Å². The number of rotatable bonds is 7. The van der Waals surface area contributed by atoms with Crippen molar-refractivity contribution < 1.29 is 14.6 Å². The third kappa shape index (κ3) is 4.42. The van der Waals surface area contributed by atoms with Crippen molar-refractivity contribution in [1.82, 2.24) is 14.5 Å². The number of carbonyl (C=O) groups is 1. The number of carboxylic acid groups (broad SMARTS) is 1. The molecule has 33 heavy (non-hydrogen) atoms. The Bertz CT molecular complexity index is 1150. The molecule has 3 atom stereocenters. The second kappa shape index (κ2) is 9.49. The maximum absolute atomic E-state index is 10.9. The number of hydrogen-bond acceptors (Lipinski definition) is 5. The Morgan fingerprint density at radius 1 is 1.24 bits per heavy atom. The first-order chi connectivity index (χ1) is 16.0. The van der Waals surface area contributed by atoms with Crippen LogP contribution in [0.4, 0.5) is 5.82 Å². The molecular weight excluding hydrogens is 463 g/mol. The fourth-order valence-electron chi connectivity index (χ4n) is 5.40. The molecule has 0 bridgehead atoms. The van der Waals surface area contributed by atoms with Crippen LogP contribution in [0.5, 0.6) is 0 Å².